The molecule has 4 rings (SSSR count). The number of pyridine rings is 1. The summed E-state index contributed by atoms with van der Waals surface area (Å²) in [6.07, 6.45) is 2.08. The number of hydrogen-bond acceptors (Lipinski definition) is 0. The van der Waals surface area contributed by atoms with Crippen LogP contribution in [0.25, 0.3) is 22.4 Å². The Labute approximate surface area is 139 Å². The van der Waals surface area contributed by atoms with Gasteiger partial charge >= 0.3 is 0 Å². The topological polar surface area (TPSA) is 3.88 Å². The molecule has 1 aromatic heterocycles. The summed E-state index contributed by atoms with van der Waals surface area (Å²) < 4.78 is 10.6. The predicted molar refractivity (Wildman–Crippen MR) is 95.4 cm³/mol. The van der Waals surface area contributed by atoms with Crippen molar-refractivity contribution in [3.8, 4) is 22.4 Å². The Kier molecular flexibility index (Phi) is 2.72. The van der Waals surface area contributed by atoms with Gasteiger partial charge in [-0.3, -0.25) is 0 Å². The zero-order valence-corrected chi connectivity index (χ0v) is 14.1. The van der Waals surface area contributed by atoms with E-state index in [1.165, 1.54) is 33.5 Å². The standard InChI is InChI=1S/C22H22N/c1-15-13-20-18(14-17(15)21-11-7-8-12-23(21)4)16-9-5-6-10-19(16)22(20,2)3/h5-14H,1-4H3/q+1/i9D. The van der Waals surface area contributed by atoms with E-state index >= 15 is 0 Å². The highest BCUT2D eigenvalue weighted by Gasteiger charge is 2.36. The molecule has 0 saturated carbocycles. The van der Waals surface area contributed by atoms with Gasteiger partial charge in [-0.1, -0.05) is 44.2 Å². The second kappa shape index (κ2) is 4.79. The Balaban J connectivity index is 2.05. The molecular weight excluding hydrogens is 278 g/mol. The van der Waals surface area contributed by atoms with Crippen LogP contribution in [0.15, 0.2) is 60.8 Å². The van der Waals surface area contributed by atoms with Crippen molar-refractivity contribution in [2.24, 2.45) is 7.05 Å². The lowest BCUT2D eigenvalue weighted by Crippen LogP contribution is -2.30. The van der Waals surface area contributed by atoms with Gasteiger partial charge in [0.2, 0.25) is 5.69 Å². The third kappa shape index (κ3) is 1.96. The molecule has 3 aromatic rings. The number of fused-ring (bicyclic) bond motifs is 3. The summed E-state index contributed by atoms with van der Waals surface area (Å²) >= 11 is 0. The third-order valence-electron chi connectivity index (χ3n) is 5.17. The van der Waals surface area contributed by atoms with E-state index in [9.17, 15) is 0 Å². The highest BCUT2D eigenvalue weighted by Crippen LogP contribution is 2.49. The monoisotopic (exact) mass is 301 g/mol. The number of aryl methyl sites for hydroxylation is 2. The van der Waals surface area contributed by atoms with Gasteiger partial charge in [-0.15, -0.1) is 0 Å². The third-order valence-corrected chi connectivity index (χ3v) is 5.17. The van der Waals surface area contributed by atoms with Crippen molar-refractivity contribution in [3.63, 3.8) is 0 Å². The van der Waals surface area contributed by atoms with E-state index < -0.39 is 0 Å². The van der Waals surface area contributed by atoms with Crippen molar-refractivity contribution < 1.29 is 5.94 Å². The number of hydrogen-bond donors (Lipinski definition) is 0. The average molecular weight is 301 g/mol. The Morgan fingerprint density at radius 3 is 2.48 bits per heavy atom. The zero-order valence-electron chi connectivity index (χ0n) is 15.1. The molecule has 2 aromatic carbocycles. The Morgan fingerprint density at radius 1 is 0.913 bits per heavy atom. The molecule has 0 radical (unpaired) electrons. The highest BCUT2D eigenvalue weighted by molar-refractivity contribution is 5.84. The molecule has 0 fully saturated rings. The molecule has 23 heavy (non-hydrogen) atoms. The highest BCUT2D eigenvalue weighted by atomic mass is 14.9. The summed E-state index contributed by atoms with van der Waals surface area (Å²) in [5.74, 6) is 0. The van der Waals surface area contributed by atoms with E-state index in [0.717, 1.165) is 5.56 Å². The van der Waals surface area contributed by atoms with Crippen molar-refractivity contribution in [3.05, 3.63) is 77.5 Å². The molecule has 0 bridgehead atoms. The lowest BCUT2D eigenvalue weighted by atomic mass is 9.81. The molecule has 1 heteroatoms. The van der Waals surface area contributed by atoms with Crippen LogP contribution in [0.3, 0.4) is 0 Å². The van der Waals surface area contributed by atoms with E-state index in [1.807, 2.05) is 18.2 Å². The van der Waals surface area contributed by atoms with E-state index in [4.69, 9.17) is 1.37 Å². The fourth-order valence-electron chi connectivity index (χ4n) is 3.84. The minimum atomic E-state index is -0.0517. The Bertz CT molecular complexity index is 970. The molecule has 114 valence electrons. The number of benzene rings is 2. The summed E-state index contributed by atoms with van der Waals surface area (Å²) in [7, 11) is 2.08. The van der Waals surface area contributed by atoms with Gasteiger partial charge in [0.25, 0.3) is 0 Å². The molecule has 0 atom stereocenters. The van der Waals surface area contributed by atoms with Crippen LogP contribution in [-0.4, -0.2) is 0 Å². The van der Waals surface area contributed by atoms with Gasteiger partial charge in [0, 0.05) is 23.1 Å². The molecule has 1 aliphatic carbocycles. The summed E-state index contributed by atoms with van der Waals surface area (Å²) in [5, 5.41) is 0. The largest absolute Gasteiger partial charge is 0.212 e. The Hall–Kier alpha value is -2.41. The van der Waals surface area contributed by atoms with E-state index in [2.05, 4.69) is 68.9 Å². The van der Waals surface area contributed by atoms with E-state index in [-0.39, 0.29) is 5.41 Å². The van der Waals surface area contributed by atoms with Crippen molar-refractivity contribution >= 4 is 0 Å². The summed E-state index contributed by atoms with van der Waals surface area (Å²) in [6, 6.07) is 17.6. The van der Waals surface area contributed by atoms with Crippen LogP contribution < -0.4 is 4.57 Å². The lowest BCUT2D eigenvalue weighted by Gasteiger charge is -2.22. The van der Waals surface area contributed by atoms with Crippen molar-refractivity contribution in [1.29, 1.82) is 0 Å². The molecule has 1 aliphatic rings. The maximum Gasteiger partial charge on any atom is 0.212 e. The number of aromatic nitrogens is 1. The molecule has 0 saturated heterocycles. The van der Waals surface area contributed by atoms with Crippen molar-refractivity contribution in [2.75, 3.05) is 0 Å². The average Bonchev–Trinajstić information content (AvgIpc) is 2.77. The van der Waals surface area contributed by atoms with Crippen LogP contribution in [0.4, 0.5) is 0 Å². The maximum absolute atomic E-state index is 8.42. The molecule has 1 nitrogen and oxygen atoms in total. The van der Waals surface area contributed by atoms with Crippen LogP contribution in [0, 0.1) is 6.92 Å². The van der Waals surface area contributed by atoms with Crippen LogP contribution in [0.5, 0.6) is 0 Å². The summed E-state index contributed by atoms with van der Waals surface area (Å²) in [4.78, 5) is 0. The van der Waals surface area contributed by atoms with Gasteiger partial charge in [-0.2, -0.15) is 0 Å². The molecular formula is C22H22N+. The normalized spacial score (nSPS) is 15.0. The van der Waals surface area contributed by atoms with Gasteiger partial charge in [-0.25, -0.2) is 4.57 Å². The van der Waals surface area contributed by atoms with Crippen LogP contribution in [0.1, 0.15) is 31.9 Å². The number of rotatable bonds is 1. The second-order valence-corrected chi connectivity index (χ2v) is 6.99. The van der Waals surface area contributed by atoms with Gasteiger partial charge in [0.15, 0.2) is 6.20 Å². The predicted octanol–water partition coefficient (Wildman–Crippen LogP) is 4.79. The quantitative estimate of drug-likeness (QED) is 0.569. The van der Waals surface area contributed by atoms with Gasteiger partial charge in [0.1, 0.15) is 7.05 Å². The molecule has 1 heterocycles. The Morgan fingerprint density at radius 2 is 1.70 bits per heavy atom. The zero-order chi connectivity index (χ0) is 17.1. The minimum Gasteiger partial charge on any atom is -0.201 e. The van der Waals surface area contributed by atoms with E-state index in [0.29, 0.717) is 6.04 Å². The smallest absolute Gasteiger partial charge is 0.201 e. The fraction of sp³-hybridized carbons (Fsp3) is 0.227. The van der Waals surface area contributed by atoms with Gasteiger partial charge < -0.3 is 0 Å². The first-order valence-electron chi connectivity index (χ1n) is 8.62. The molecule has 0 spiro atoms. The van der Waals surface area contributed by atoms with Gasteiger partial charge in [-0.05, 0) is 46.9 Å². The summed E-state index contributed by atoms with van der Waals surface area (Å²) in [5.41, 5.74) is 8.57. The lowest BCUT2D eigenvalue weighted by molar-refractivity contribution is -0.660. The van der Waals surface area contributed by atoms with Gasteiger partial charge in [0.05, 0.1) is 1.37 Å². The molecule has 0 aliphatic heterocycles. The first-order chi connectivity index (χ1) is 11.4. The first kappa shape index (κ1) is 13.1. The second-order valence-electron chi connectivity index (χ2n) is 6.99. The fourth-order valence-corrected chi connectivity index (χ4v) is 3.84. The number of nitrogens with zero attached hydrogens (tertiary/aromatic N) is 1. The van der Waals surface area contributed by atoms with Crippen molar-refractivity contribution in [2.45, 2.75) is 26.2 Å². The minimum absolute atomic E-state index is 0.0517. The SMILES string of the molecule is [2H]c1cccc2c1-c1cc(-c3cccc[n+]3C)c(C)cc1C2(C)C. The molecule has 0 N–H and O–H groups in total. The van der Waals surface area contributed by atoms with Crippen molar-refractivity contribution in [1.82, 2.24) is 0 Å². The first-order valence-corrected chi connectivity index (χ1v) is 8.12. The molecule has 0 unspecified atom stereocenters. The maximum atomic E-state index is 8.42. The summed E-state index contributed by atoms with van der Waals surface area (Å²) in [6.45, 7) is 6.71. The van der Waals surface area contributed by atoms with Crippen LogP contribution in [0.2, 0.25) is 0 Å². The molecule has 0 amide bonds. The van der Waals surface area contributed by atoms with Crippen LogP contribution >= 0.6 is 0 Å². The van der Waals surface area contributed by atoms with Crippen LogP contribution in [-0.2, 0) is 12.5 Å². The van der Waals surface area contributed by atoms with E-state index in [1.54, 1.807) is 0 Å².